The second-order valence-corrected chi connectivity index (χ2v) is 10.7. The van der Waals surface area contributed by atoms with E-state index in [1.54, 1.807) is 7.11 Å². The molecule has 0 saturated carbocycles. The van der Waals surface area contributed by atoms with E-state index < -0.39 is 0 Å². The van der Waals surface area contributed by atoms with E-state index in [2.05, 4.69) is 24.9 Å². The van der Waals surface area contributed by atoms with Gasteiger partial charge in [0.2, 0.25) is 0 Å². The molecule has 9 heteroatoms. The van der Waals surface area contributed by atoms with Gasteiger partial charge >= 0.3 is 0 Å². The van der Waals surface area contributed by atoms with Crippen LogP contribution in [0.25, 0.3) is 10.8 Å². The minimum Gasteiger partial charge on any atom is -0.495 e. The van der Waals surface area contributed by atoms with Gasteiger partial charge in [-0.25, -0.2) is 0 Å². The van der Waals surface area contributed by atoms with Crippen LogP contribution in [-0.2, 0) is 6.54 Å². The van der Waals surface area contributed by atoms with Gasteiger partial charge < -0.3 is 24.3 Å². The number of methoxy groups -OCH3 is 1. The van der Waals surface area contributed by atoms with E-state index in [0.717, 1.165) is 66.3 Å². The Bertz CT molecular complexity index is 1460. The maximum Gasteiger partial charge on any atom is 0.275 e. The van der Waals surface area contributed by atoms with Gasteiger partial charge in [-0.05, 0) is 37.9 Å². The van der Waals surface area contributed by atoms with Gasteiger partial charge in [-0.1, -0.05) is 66.2 Å². The molecule has 1 aliphatic rings. The smallest absolute Gasteiger partial charge is 0.275 e. The fraction of sp³-hybridized carbons (Fsp3) is 0.323. The van der Waals surface area contributed by atoms with Crippen molar-refractivity contribution in [1.82, 2.24) is 20.0 Å². The van der Waals surface area contributed by atoms with Crippen molar-refractivity contribution in [2.75, 3.05) is 70.3 Å². The topological polar surface area (TPSA) is 65.0 Å². The third kappa shape index (κ3) is 6.13. The zero-order valence-electron chi connectivity index (χ0n) is 23.3. The predicted molar refractivity (Wildman–Crippen MR) is 162 cm³/mol. The highest BCUT2D eigenvalue weighted by Crippen LogP contribution is 2.33. The van der Waals surface area contributed by atoms with Crippen LogP contribution in [0.15, 0.2) is 72.8 Å². The summed E-state index contributed by atoms with van der Waals surface area (Å²) in [6.07, 6.45) is 0. The van der Waals surface area contributed by atoms with Gasteiger partial charge in [0.25, 0.3) is 5.91 Å². The van der Waals surface area contributed by atoms with Gasteiger partial charge in [0.05, 0.1) is 12.8 Å². The average Bonchev–Trinajstić information content (AvgIpc) is 2.99. The molecule has 3 aromatic carbocycles. The molecule has 1 fully saturated rings. The molecule has 2 heterocycles. The first-order valence-electron chi connectivity index (χ1n) is 13.5. The molecule has 0 atom stereocenters. The highest BCUT2D eigenvalue weighted by molar-refractivity contribution is 6.31. The quantitative estimate of drug-likeness (QED) is 0.292. The zero-order chi connectivity index (χ0) is 28.1. The average molecular weight is 559 g/mol. The van der Waals surface area contributed by atoms with Gasteiger partial charge in [-0.3, -0.25) is 4.79 Å². The molecule has 0 radical (unpaired) electrons. The number of nitrogens with zero attached hydrogens (tertiary/aromatic N) is 6. The summed E-state index contributed by atoms with van der Waals surface area (Å²) in [5, 5.41) is 11.6. The zero-order valence-corrected chi connectivity index (χ0v) is 24.0. The van der Waals surface area contributed by atoms with Crippen LogP contribution in [0, 0.1) is 0 Å². The van der Waals surface area contributed by atoms with Crippen LogP contribution in [0.2, 0.25) is 5.02 Å². The maximum atomic E-state index is 13.9. The number of carbonyl (C=O) groups excluding carboxylic acids is 1. The molecular formula is C31H35ClN6O2. The van der Waals surface area contributed by atoms with Crippen molar-refractivity contribution in [3.05, 3.63) is 89.1 Å². The lowest BCUT2D eigenvalue weighted by Gasteiger charge is -2.37. The predicted octanol–water partition coefficient (Wildman–Crippen LogP) is 4.82. The van der Waals surface area contributed by atoms with Gasteiger partial charge in [-0.15, -0.1) is 10.2 Å². The van der Waals surface area contributed by atoms with Gasteiger partial charge in [0, 0.05) is 61.6 Å². The Morgan fingerprint density at radius 1 is 0.875 bits per heavy atom. The molecule has 0 unspecified atom stereocenters. The van der Waals surface area contributed by atoms with E-state index in [1.165, 1.54) is 0 Å². The molecule has 208 valence electrons. The summed E-state index contributed by atoms with van der Waals surface area (Å²) in [4.78, 5) is 22.4. The van der Waals surface area contributed by atoms with E-state index in [4.69, 9.17) is 16.3 Å². The molecule has 0 spiro atoms. The van der Waals surface area contributed by atoms with Crippen molar-refractivity contribution in [3.8, 4) is 5.75 Å². The Kier molecular flexibility index (Phi) is 8.67. The third-order valence-corrected chi connectivity index (χ3v) is 7.49. The number of hydrogen-bond donors (Lipinski definition) is 0. The number of amides is 1. The van der Waals surface area contributed by atoms with Gasteiger partial charge in [0.1, 0.15) is 5.75 Å². The molecule has 1 amide bonds. The van der Waals surface area contributed by atoms with Crippen LogP contribution in [0.5, 0.6) is 5.75 Å². The number of halogens is 1. The lowest BCUT2D eigenvalue weighted by Crippen LogP contribution is -2.47. The standard InChI is InChI=1S/C31H35ClN6O2/c1-35(2)15-16-38(22-23-9-5-4-6-10-23)31(39)29-25-11-7-8-12-26(25)30(34-33-29)37-19-17-36(18-20-37)27-21-24(32)13-14-28(27)40-3/h4-14,21H,15-20,22H2,1-3H3. The lowest BCUT2D eigenvalue weighted by atomic mass is 10.1. The number of rotatable bonds is 9. The summed E-state index contributed by atoms with van der Waals surface area (Å²) in [5.41, 5.74) is 2.46. The number of benzene rings is 3. The van der Waals surface area contributed by atoms with Crippen molar-refractivity contribution in [3.63, 3.8) is 0 Å². The van der Waals surface area contributed by atoms with Gasteiger partial charge in [0.15, 0.2) is 11.5 Å². The molecule has 5 rings (SSSR count). The van der Waals surface area contributed by atoms with E-state index in [-0.39, 0.29) is 5.91 Å². The van der Waals surface area contributed by atoms with Crippen LogP contribution in [0.1, 0.15) is 16.1 Å². The van der Waals surface area contributed by atoms with Crippen molar-refractivity contribution in [2.24, 2.45) is 0 Å². The van der Waals surface area contributed by atoms with Crippen LogP contribution in [0.4, 0.5) is 11.5 Å². The first kappa shape index (κ1) is 27.7. The van der Waals surface area contributed by atoms with Crippen molar-refractivity contribution >= 4 is 39.8 Å². The fourth-order valence-corrected chi connectivity index (χ4v) is 5.24. The number of hydrogen-bond acceptors (Lipinski definition) is 7. The van der Waals surface area contributed by atoms with Crippen LogP contribution >= 0.6 is 11.6 Å². The van der Waals surface area contributed by atoms with Crippen molar-refractivity contribution in [2.45, 2.75) is 6.54 Å². The molecule has 0 N–H and O–H groups in total. The van der Waals surface area contributed by atoms with Crippen LogP contribution < -0.4 is 14.5 Å². The first-order chi connectivity index (χ1) is 19.4. The Morgan fingerprint density at radius 2 is 1.55 bits per heavy atom. The van der Waals surface area contributed by atoms with E-state index in [1.807, 2.05) is 91.8 Å². The van der Waals surface area contributed by atoms with Crippen molar-refractivity contribution in [1.29, 1.82) is 0 Å². The third-order valence-electron chi connectivity index (χ3n) is 7.25. The SMILES string of the molecule is COc1ccc(Cl)cc1N1CCN(c2nnc(C(=O)N(CCN(C)C)Cc3ccccc3)c3ccccc23)CC1. The highest BCUT2D eigenvalue weighted by Gasteiger charge is 2.26. The van der Waals surface area contributed by atoms with Crippen LogP contribution in [0.3, 0.4) is 0 Å². The number of aromatic nitrogens is 2. The highest BCUT2D eigenvalue weighted by atomic mass is 35.5. The molecule has 0 aliphatic carbocycles. The number of fused-ring (bicyclic) bond motifs is 1. The summed E-state index contributed by atoms with van der Waals surface area (Å²) < 4.78 is 5.57. The van der Waals surface area contributed by atoms with E-state index in [9.17, 15) is 4.79 Å². The van der Waals surface area contributed by atoms with E-state index >= 15 is 0 Å². The Labute approximate surface area is 240 Å². The van der Waals surface area contributed by atoms with Gasteiger partial charge in [-0.2, -0.15) is 0 Å². The molecule has 8 nitrogen and oxygen atoms in total. The monoisotopic (exact) mass is 558 g/mol. The second-order valence-electron chi connectivity index (χ2n) is 10.2. The molecule has 1 saturated heterocycles. The van der Waals surface area contributed by atoms with Crippen LogP contribution in [-0.4, -0.2) is 86.4 Å². The van der Waals surface area contributed by atoms with Crippen molar-refractivity contribution < 1.29 is 9.53 Å². The summed E-state index contributed by atoms with van der Waals surface area (Å²) in [5.74, 6) is 1.49. The summed E-state index contributed by atoms with van der Waals surface area (Å²) in [6, 6.07) is 23.7. The molecular weight excluding hydrogens is 524 g/mol. The Morgan fingerprint density at radius 3 is 2.25 bits per heavy atom. The minimum atomic E-state index is -0.112. The molecule has 1 aromatic heterocycles. The summed E-state index contributed by atoms with van der Waals surface area (Å²) in [7, 11) is 5.70. The molecule has 0 bridgehead atoms. The largest absolute Gasteiger partial charge is 0.495 e. The normalized spacial score (nSPS) is 13.6. The Hall–Kier alpha value is -3.88. The van der Waals surface area contributed by atoms with E-state index in [0.29, 0.717) is 23.8 Å². The molecule has 4 aromatic rings. The number of carbonyl (C=O) groups is 1. The Balaban J connectivity index is 1.40. The summed E-state index contributed by atoms with van der Waals surface area (Å²) >= 11 is 6.28. The fourth-order valence-electron chi connectivity index (χ4n) is 5.08. The summed E-state index contributed by atoms with van der Waals surface area (Å²) in [6.45, 7) is 4.93. The lowest BCUT2D eigenvalue weighted by molar-refractivity contribution is 0.0727. The second kappa shape index (κ2) is 12.5. The molecule has 40 heavy (non-hydrogen) atoms. The number of likely N-dealkylation sites (N-methyl/N-ethyl adjacent to an activating group) is 1. The molecule has 1 aliphatic heterocycles. The number of ether oxygens (including phenoxy) is 1. The first-order valence-corrected chi connectivity index (χ1v) is 13.9. The maximum absolute atomic E-state index is 13.9. The number of anilines is 2. The number of piperazine rings is 1. The minimum absolute atomic E-state index is 0.112.